The molecule has 0 saturated carbocycles. The summed E-state index contributed by atoms with van der Waals surface area (Å²) < 4.78 is 18.3. The molecule has 48 heavy (non-hydrogen) atoms. The third-order valence-electron chi connectivity index (χ3n) is 8.85. The lowest BCUT2D eigenvalue weighted by molar-refractivity contribution is 0.461. The predicted molar refractivity (Wildman–Crippen MR) is 187 cm³/mol. The number of benzene rings is 5. The van der Waals surface area contributed by atoms with Gasteiger partial charge in [-0.3, -0.25) is 9.08 Å². The molecule has 0 atom stereocenters. The van der Waals surface area contributed by atoms with E-state index in [1.54, 1.807) is 18.2 Å². The molecule has 0 amide bonds. The standard InChI is InChI=1S/C42H28FN5/c43-37-22-19-31(20-23-37)41-38(33-21-24-40-45-27-39(47(40)28-33)32-12-10-11-30(25-32)26-44)29-48(46-41)42(34-13-4-1-5-14-34,35-15-6-2-7-16-35)36-17-8-3-9-18-36/h1-25,27-29H. The molecule has 0 aliphatic heterocycles. The molecular weight excluding hydrogens is 593 g/mol. The molecule has 3 aromatic heterocycles. The lowest BCUT2D eigenvalue weighted by Crippen LogP contribution is -2.38. The van der Waals surface area contributed by atoms with E-state index in [1.165, 1.54) is 12.1 Å². The fourth-order valence-electron chi connectivity index (χ4n) is 6.61. The zero-order valence-corrected chi connectivity index (χ0v) is 25.8. The van der Waals surface area contributed by atoms with Crippen molar-refractivity contribution in [3.8, 4) is 39.7 Å². The van der Waals surface area contributed by atoms with Gasteiger partial charge in [-0.1, -0.05) is 103 Å². The van der Waals surface area contributed by atoms with Crippen LogP contribution in [0, 0.1) is 17.1 Å². The third kappa shape index (κ3) is 4.86. The summed E-state index contributed by atoms with van der Waals surface area (Å²) in [7, 11) is 0. The molecule has 0 saturated heterocycles. The maximum Gasteiger partial charge on any atom is 0.138 e. The van der Waals surface area contributed by atoms with Crippen molar-refractivity contribution in [3.05, 3.63) is 198 Å². The predicted octanol–water partition coefficient (Wildman–Crippen LogP) is 9.38. The Labute approximate surface area is 277 Å². The fourth-order valence-corrected chi connectivity index (χ4v) is 6.61. The first-order valence-electron chi connectivity index (χ1n) is 15.7. The van der Waals surface area contributed by atoms with Crippen molar-refractivity contribution in [1.82, 2.24) is 19.2 Å². The summed E-state index contributed by atoms with van der Waals surface area (Å²) in [6.07, 6.45) is 5.98. The Balaban J connectivity index is 1.42. The number of rotatable bonds is 7. The van der Waals surface area contributed by atoms with Crippen LogP contribution in [0.1, 0.15) is 22.3 Å². The van der Waals surface area contributed by atoms with E-state index in [-0.39, 0.29) is 5.82 Å². The van der Waals surface area contributed by atoms with Crippen LogP contribution in [0.25, 0.3) is 39.3 Å². The van der Waals surface area contributed by atoms with Crippen molar-refractivity contribution in [2.75, 3.05) is 0 Å². The first kappa shape index (κ1) is 28.9. The van der Waals surface area contributed by atoms with Crippen molar-refractivity contribution in [3.63, 3.8) is 0 Å². The van der Waals surface area contributed by atoms with Crippen LogP contribution in [0.5, 0.6) is 0 Å². The second kappa shape index (κ2) is 12.0. The molecule has 8 aromatic rings. The van der Waals surface area contributed by atoms with Crippen LogP contribution >= 0.6 is 0 Å². The number of hydrogen-bond acceptors (Lipinski definition) is 3. The lowest BCUT2D eigenvalue weighted by Gasteiger charge is -2.36. The zero-order valence-electron chi connectivity index (χ0n) is 25.8. The largest absolute Gasteiger partial charge is 0.299 e. The zero-order chi connectivity index (χ0) is 32.5. The number of hydrogen-bond donors (Lipinski definition) is 0. The minimum absolute atomic E-state index is 0.309. The maximum absolute atomic E-state index is 14.2. The van der Waals surface area contributed by atoms with Gasteiger partial charge in [0.25, 0.3) is 0 Å². The van der Waals surface area contributed by atoms with Gasteiger partial charge in [-0.15, -0.1) is 0 Å². The van der Waals surface area contributed by atoms with E-state index in [1.807, 2.05) is 59.1 Å². The molecule has 228 valence electrons. The summed E-state index contributed by atoms with van der Waals surface area (Å²) in [4.78, 5) is 4.66. The lowest BCUT2D eigenvalue weighted by atomic mass is 9.77. The van der Waals surface area contributed by atoms with E-state index in [0.717, 1.165) is 56.0 Å². The van der Waals surface area contributed by atoms with Gasteiger partial charge in [-0.2, -0.15) is 10.4 Å². The molecule has 0 aliphatic carbocycles. The van der Waals surface area contributed by atoms with E-state index in [2.05, 4.69) is 101 Å². The first-order chi connectivity index (χ1) is 23.6. The van der Waals surface area contributed by atoms with E-state index in [4.69, 9.17) is 5.10 Å². The van der Waals surface area contributed by atoms with Crippen LogP contribution in [0.2, 0.25) is 0 Å². The highest BCUT2D eigenvalue weighted by molar-refractivity contribution is 5.81. The number of imidazole rings is 1. The molecule has 6 heteroatoms. The second-order valence-corrected chi connectivity index (χ2v) is 11.6. The summed E-state index contributed by atoms with van der Waals surface area (Å²) in [5.74, 6) is -0.309. The highest BCUT2D eigenvalue weighted by Gasteiger charge is 2.40. The summed E-state index contributed by atoms with van der Waals surface area (Å²) in [6.45, 7) is 0. The van der Waals surface area contributed by atoms with Gasteiger partial charge < -0.3 is 0 Å². The quantitative estimate of drug-likeness (QED) is 0.167. The molecule has 3 heterocycles. The highest BCUT2D eigenvalue weighted by Crippen LogP contribution is 2.43. The van der Waals surface area contributed by atoms with Crippen molar-refractivity contribution in [2.24, 2.45) is 0 Å². The Kier molecular flexibility index (Phi) is 7.20. The topological polar surface area (TPSA) is 58.9 Å². The number of fused-ring (bicyclic) bond motifs is 1. The summed E-state index contributed by atoms with van der Waals surface area (Å²) in [5.41, 5.74) is 8.72. The molecule has 8 rings (SSSR count). The SMILES string of the molecule is N#Cc1cccc(-c2cnc3ccc(-c4cn(C(c5ccccc5)(c5ccccc5)c5ccccc5)nc4-c4ccc(F)cc4)cn23)c1. The molecule has 5 nitrogen and oxygen atoms in total. The van der Waals surface area contributed by atoms with Crippen LogP contribution in [0.3, 0.4) is 0 Å². The monoisotopic (exact) mass is 621 g/mol. The van der Waals surface area contributed by atoms with Crippen molar-refractivity contribution in [1.29, 1.82) is 5.26 Å². The molecule has 5 aromatic carbocycles. The van der Waals surface area contributed by atoms with Crippen LogP contribution in [-0.4, -0.2) is 19.2 Å². The van der Waals surface area contributed by atoms with Crippen LogP contribution < -0.4 is 0 Å². The number of nitrogens with zero attached hydrogens (tertiary/aromatic N) is 5. The van der Waals surface area contributed by atoms with Gasteiger partial charge in [0.05, 0.1) is 23.5 Å². The number of halogens is 1. The molecule has 0 N–H and O–H groups in total. The molecule has 0 fully saturated rings. The minimum Gasteiger partial charge on any atom is -0.299 e. The third-order valence-corrected chi connectivity index (χ3v) is 8.85. The van der Waals surface area contributed by atoms with Crippen LogP contribution in [0.4, 0.5) is 4.39 Å². The van der Waals surface area contributed by atoms with E-state index < -0.39 is 5.54 Å². The van der Waals surface area contributed by atoms with Crippen molar-refractivity contribution < 1.29 is 4.39 Å². The number of aromatic nitrogens is 4. The van der Waals surface area contributed by atoms with Gasteiger partial charge >= 0.3 is 0 Å². The van der Waals surface area contributed by atoms with E-state index in [0.29, 0.717) is 5.56 Å². The van der Waals surface area contributed by atoms with Gasteiger partial charge in [0.15, 0.2) is 0 Å². The van der Waals surface area contributed by atoms with Gasteiger partial charge in [0.1, 0.15) is 22.7 Å². The molecule has 0 radical (unpaired) electrons. The van der Waals surface area contributed by atoms with Crippen molar-refractivity contribution >= 4 is 5.65 Å². The van der Waals surface area contributed by atoms with Gasteiger partial charge in [-0.25, -0.2) is 9.37 Å². The highest BCUT2D eigenvalue weighted by atomic mass is 19.1. The molecule has 0 unspecified atom stereocenters. The molecule has 0 spiro atoms. The molecular formula is C42H28FN5. The minimum atomic E-state index is -0.835. The normalized spacial score (nSPS) is 11.4. The summed E-state index contributed by atoms with van der Waals surface area (Å²) in [5, 5.41) is 14.9. The van der Waals surface area contributed by atoms with Gasteiger partial charge in [0, 0.05) is 34.6 Å². The van der Waals surface area contributed by atoms with Crippen LogP contribution in [-0.2, 0) is 5.54 Å². The van der Waals surface area contributed by atoms with E-state index >= 15 is 0 Å². The second-order valence-electron chi connectivity index (χ2n) is 11.6. The van der Waals surface area contributed by atoms with Crippen molar-refractivity contribution in [2.45, 2.75) is 5.54 Å². The molecule has 0 bridgehead atoms. The Bertz CT molecular complexity index is 2310. The average Bonchev–Trinajstić information content (AvgIpc) is 3.79. The Morgan fingerprint density at radius 2 is 1.21 bits per heavy atom. The number of nitriles is 1. The van der Waals surface area contributed by atoms with Gasteiger partial charge in [0.2, 0.25) is 0 Å². The summed E-state index contributed by atoms with van der Waals surface area (Å²) >= 11 is 0. The Hall–Kier alpha value is -6.58. The maximum atomic E-state index is 14.2. The Morgan fingerprint density at radius 1 is 0.604 bits per heavy atom. The average molecular weight is 622 g/mol. The number of pyridine rings is 1. The van der Waals surface area contributed by atoms with Gasteiger partial charge in [-0.05, 0) is 65.2 Å². The summed E-state index contributed by atoms with van der Waals surface area (Å²) in [6, 6.07) is 51.5. The Morgan fingerprint density at radius 3 is 1.81 bits per heavy atom. The fraction of sp³-hybridized carbons (Fsp3) is 0.0238. The first-order valence-corrected chi connectivity index (χ1v) is 15.7. The smallest absolute Gasteiger partial charge is 0.138 e. The van der Waals surface area contributed by atoms with Crippen LogP contribution in [0.15, 0.2) is 170 Å². The molecule has 0 aliphatic rings. The van der Waals surface area contributed by atoms with E-state index in [9.17, 15) is 9.65 Å².